The molecule has 2 unspecified atom stereocenters. The number of thiazole rings is 1. The molecule has 0 saturated heterocycles. The molecule has 13 heteroatoms. The number of hydrogen-bond donors (Lipinski definition) is 5. The van der Waals surface area contributed by atoms with Crippen LogP contribution in [-0.4, -0.2) is 86.1 Å². The highest BCUT2D eigenvalue weighted by molar-refractivity contribution is 7.14. The van der Waals surface area contributed by atoms with E-state index in [2.05, 4.69) is 10.3 Å². The molecular formula is C31H30N4O8S. The average Bonchev–Trinajstić information content (AvgIpc) is 3.45. The molecule has 6 N–H and O–H groups in total. The van der Waals surface area contributed by atoms with Crippen molar-refractivity contribution in [3.05, 3.63) is 59.0 Å². The molecule has 3 aromatic rings. The summed E-state index contributed by atoms with van der Waals surface area (Å²) in [5, 5.41) is 40.1. The SMILES string of the molecule is C[C@H]1c2ccc(Nc3nc(-c4ccccc4)cs3)c(O)c2C(=O)C2C(=O)[C@]3(O)C(=O)C(C(N)=O)C(=O)[C@@H](N(C)C)[C@@H]3[C@@H](O)[C@@H]21. The first-order valence-electron chi connectivity index (χ1n) is 14.0. The molecule has 12 nitrogen and oxygen atoms in total. The highest BCUT2D eigenvalue weighted by atomic mass is 32.1. The molecule has 2 saturated carbocycles. The van der Waals surface area contributed by atoms with E-state index in [9.17, 15) is 39.3 Å². The van der Waals surface area contributed by atoms with Gasteiger partial charge in [0, 0.05) is 16.9 Å². The zero-order valence-electron chi connectivity index (χ0n) is 23.9. The van der Waals surface area contributed by atoms with Crippen molar-refractivity contribution < 1.29 is 39.3 Å². The van der Waals surface area contributed by atoms with Gasteiger partial charge < -0.3 is 26.4 Å². The number of primary amides is 1. The van der Waals surface area contributed by atoms with Crippen LogP contribution in [0, 0.1) is 23.7 Å². The Balaban J connectivity index is 1.41. The quantitative estimate of drug-likeness (QED) is 0.204. The Morgan fingerprint density at radius 1 is 1.07 bits per heavy atom. The molecule has 0 bridgehead atoms. The maximum absolute atomic E-state index is 14.1. The van der Waals surface area contributed by atoms with Crippen LogP contribution in [0.1, 0.15) is 28.8 Å². The molecule has 0 aliphatic heterocycles. The summed E-state index contributed by atoms with van der Waals surface area (Å²) < 4.78 is 0. The number of ketones is 4. The van der Waals surface area contributed by atoms with E-state index in [0.29, 0.717) is 16.4 Å². The molecule has 0 radical (unpaired) electrons. The second-order valence-corrected chi connectivity index (χ2v) is 12.7. The van der Waals surface area contributed by atoms with Crippen LogP contribution in [0.2, 0.25) is 0 Å². The number of phenolic OH excluding ortho intramolecular Hbond substituents is 1. The highest BCUT2D eigenvalue weighted by Crippen LogP contribution is 2.55. The van der Waals surface area contributed by atoms with Crippen molar-refractivity contribution in [1.82, 2.24) is 9.88 Å². The molecular weight excluding hydrogens is 588 g/mol. The largest absolute Gasteiger partial charge is 0.505 e. The zero-order chi connectivity index (χ0) is 31.8. The first kappa shape index (κ1) is 29.8. The number of anilines is 2. The molecule has 3 aliphatic carbocycles. The van der Waals surface area contributed by atoms with Gasteiger partial charge in [0.25, 0.3) is 0 Å². The van der Waals surface area contributed by atoms with Gasteiger partial charge in [0.05, 0.1) is 40.9 Å². The summed E-state index contributed by atoms with van der Waals surface area (Å²) in [6.45, 7) is 1.66. The summed E-state index contributed by atoms with van der Waals surface area (Å²) in [5.41, 5.74) is 4.20. The lowest BCUT2D eigenvalue weighted by Gasteiger charge is -2.56. The van der Waals surface area contributed by atoms with Gasteiger partial charge in [-0.25, -0.2) is 4.98 Å². The van der Waals surface area contributed by atoms with Gasteiger partial charge in [0.1, 0.15) is 5.75 Å². The van der Waals surface area contributed by atoms with E-state index in [1.165, 1.54) is 30.3 Å². The molecule has 1 heterocycles. The number of amides is 1. The lowest BCUT2D eigenvalue weighted by Crippen LogP contribution is -2.77. The van der Waals surface area contributed by atoms with Crippen LogP contribution in [-0.2, 0) is 19.2 Å². The van der Waals surface area contributed by atoms with Crippen molar-refractivity contribution in [2.24, 2.45) is 29.4 Å². The van der Waals surface area contributed by atoms with Gasteiger partial charge in [0.15, 0.2) is 39.8 Å². The van der Waals surface area contributed by atoms with Gasteiger partial charge in [-0.1, -0.05) is 43.3 Å². The predicted octanol–water partition coefficient (Wildman–Crippen LogP) is 1.27. The Morgan fingerprint density at radius 2 is 1.75 bits per heavy atom. The number of benzene rings is 2. The molecule has 0 spiro atoms. The van der Waals surface area contributed by atoms with Gasteiger partial charge in [-0.05, 0) is 31.6 Å². The zero-order valence-corrected chi connectivity index (χ0v) is 24.7. The molecule has 6 rings (SSSR count). The van der Waals surface area contributed by atoms with E-state index in [0.717, 1.165) is 5.56 Å². The van der Waals surface area contributed by atoms with E-state index < -0.39 is 82.1 Å². The number of nitrogens with zero attached hydrogens (tertiary/aromatic N) is 2. The van der Waals surface area contributed by atoms with Crippen LogP contribution in [0.25, 0.3) is 11.3 Å². The Morgan fingerprint density at radius 3 is 2.39 bits per heavy atom. The maximum Gasteiger partial charge on any atom is 0.235 e. The lowest BCUT2D eigenvalue weighted by molar-refractivity contribution is -0.196. The summed E-state index contributed by atoms with van der Waals surface area (Å²) >= 11 is 1.28. The van der Waals surface area contributed by atoms with Gasteiger partial charge >= 0.3 is 0 Å². The lowest BCUT2D eigenvalue weighted by atomic mass is 9.49. The molecule has 1 amide bonds. The van der Waals surface area contributed by atoms with Crippen LogP contribution in [0.5, 0.6) is 5.75 Å². The first-order valence-corrected chi connectivity index (χ1v) is 14.8. The Hall–Kier alpha value is -4.30. The van der Waals surface area contributed by atoms with Crippen LogP contribution >= 0.6 is 11.3 Å². The summed E-state index contributed by atoms with van der Waals surface area (Å²) in [6.07, 6.45) is -1.68. The number of fused-ring (bicyclic) bond motifs is 3. The highest BCUT2D eigenvalue weighted by Gasteiger charge is 2.72. The third-order valence-corrected chi connectivity index (χ3v) is 10.1. The topological polar surface area (TPSA) is 200 Å². The fraction of sp³-hybridized carbons (Fsp3) is 0.355. The van der Waals surface area contributed by atoms with Crippen molar-refractivity contribution in [1.29, 1.82) is 0 Å². The number of aliphatic hydroxyl groups is 2. The Labute approximate surface area is 255 Å². The summed E-state index contributed by atoms with van der Waals surface area (Å²) in [4.78, 5) is 73.0. The van der Waals surface area contributed by atoms with Crippen molar-refractivity contribution in [3.63, 3.8) is 0 Å². The van der Waals surface area contributed by atoms with Crippen LogP contribution < -0.4 is 11.1 Å². The van der Waals surface area contributed by atoms with Crippen molar-refractivity contribution in [2.75, 3.05) is 19.4 Å². The molecule has 8 atom stereocenters. The average molecular weight is 619 g/mol. The minimum Gasteiger partial charge on any atom is -0.505 e. The number of carbonyl (C=O) groups is 5. The van der Waals surface area contributed by atoms with E-state index in [4.69, 9.17) is 5.73 Å². The number of nitrogens with two attached hydrogens (primary N) is 1. The fourth-order valence-corrected chi connectivity index (χ4v) is 8.01. The van der Waals surface area contributed by atoms with Crippen molar-refractivity contribution in [3.8, 4) is 17.0 Å². The number of aromatic nitrogens is 1. The van der Waals surface area contributed by atoms with Gasteiger partial charge in [-0.3, -0.25) is 28.9 Å². The summed E-state index contributed by atoms with van der Waals surface area (Å²) in [5.74, 6) is -13.7. The third kappa shape index (κ3) is 4.07. The first-order chi connectivity index (χ1) is 20.8. The molecule has 1 aromatic heterocycles. The number of aliphatic hydroxyl groups excluding tert-OH is 1. The second kappa shape index (κ2) is 10.4. The standard InChI is InChI=1S/C31H30N4O8S/c1-12-14-9-10-15(33-30-34-16(11-44-30)13-7-5-4-6-8-13)23(36)18(14)24(37)19-17(12)25(38)21-22(35(2)3)26(39)20(29(32)42)28(41)31(21,43)27(19)40/h4-12,17,19-22,25,36,38,43H,1-3H3,(H2,32,42)(H,33,34)/t12-,17+,19?,20?,21+,22-,25-,31-/m0/s1. The van der Waals surface area contributed by atoms with Crippen molar-refractivity contribution in [2.45, 2.75) is 30.6 Å². The second-order valence-electron chi connectivity index (χ2n) is 11.8. The monoisotopic (exact) mass is 618 g/mol. The molecule has 2 fully saturated rings. The van der Waals surface area contributed by atoms with Crippen LogP contribution in [0.3, 0.4) is 0 Å². The molecule has 228 valence electrons. The third-order valence-electron chi connectivity index (χ3n) is 9.30. The Bertz CT molecular complexity index is 1740. The molecule has 3 aliphatic rings. The minimum absolute atomic E-state index is 0.137. The number of nitrogens with one attached hydrogen (secondary N) is 1. The number of phenols is 1. The van der Waals surface area contributed by atoms with Crippen LogP contribution in [0.15, 0.2) is 47.8 Å². The smallest absolute Gasteiger partial charge is 0.235 e. The minimum atomic E-state index is -3.05. The number of likely N-dealkylation sites (N-methyl/N-ethyl adjacent to an activating group) is 1. The number of carbonyl (C=O) groups excluding carboxylic acids is 5. The number of rotatable bonds is 5. The number of aromatic hydroxyl groups is 1. The van der Waals surface area contributed by atoms with Gasteiger partial charge in [-0.2, -0.15) is 0 Å². The molecule has 2 aromatic carbocycles. The van der Waals surface area contributed by atoms with Crippen molar-refractivity contribution >= 4 is 51.2 Å². The predicted molar refractivity (Wildman–Crippen MR) is 158 cm³/mol. The van der Waals surface area contributed by atoms with Gasteiger partial charge in [0.2, 0.25) is 5.91 Å². The number of Topliss-reactive ketones (excluding diaryl/α,β-unsaturated/α-hetero) is 4. The summed E-state index contributed by atoms with van der Waals surface area (Å²) in [6, 6.07) is 11.2. The fourth-order valence-electron chi connectivity index (χ4n) is 7.28. The Kier molecular flexibility index (Phi) is 7.04. The van der Waals surface area contributed by atoms with E-state index in [1.54, 1.807) is 19.1 Å². The van der Waals surface area contributed by atoms with Crippen LogP contribution in [0.4, 0.5) is 10.8 Å². The normalized spacial score (nSPS) is 31.4. The molecule has 44 heavy (non-hydrogen) atoms. The van der Waals surface area contributed by atoms with E-state index >= 15 is 0 Å². The van der Waals surface area contributed by atoms with E-state index in [-0.39, 0.29) is 11.3 Å². The van der Waals surface area contributed by atoms with E-state index in [1.807, 2.05) is 35.7 Å². The summed E-state index contributed by atoms with van der Waals surface area (Å²) in [7, 11) is 2.89. The number of hydrogen-bond acceptors (Lipinski definition) is 12. The maximum atomic E-state index is 14.1. The van der Waals surface area contributed by atoms with Gasteiger partial charge in [-0.15, -0.1) is 11.3 Å².